The number of halogens is 1. The van der Waals surface area contributed by atoms with Crippen molar-refractivity contribution in [2.45, 2.75) is 0 Å². The highest BCUT2D eigenvalue weighted by atomic mass is 79.9. The quantitative estimate of drug-likeness (QED) is 0.470. The summed E-state index contributed by atoms with van der Waals surface area (Å²) in [6, 6.07) is 4.17. The molecule has 0 atom stereocenters. The van der Waals surface area contributed by atoms with Gasteiger partial charge in [-0.05, 0) is 12.1 Å². The maximum absolute atomic E-state index is 11.3. The summed E-state index contributed by atoms with van der Waals surface area (Å²) in [6.45, 7) is 0. The normalized spacial score (nSPS) is 9.31. The number of rotatable bonds is 2. The van der Waals surface area contributed by atoms with E-state index >= 15 is 0 Å². The SMILES string of the molecule is COC(=O)c1cc(Br)cc(C#N)c1[N+](=O)[O-]. The second-order valence-electron chi connectivity index (χ2n) is 2.71. The number of ether oxygens (including phenoxy) is 1. The number of carbonyl (C=O) groups excluding carboxylic acids is 1. The summed E-state index contributed by atoms with van der Waals surface area (Å²) in [6.07, 6.45) is 0. The first-order valence-electron chi connectivity index (χ1n) is 3.97. The lowest BCUT2D eigenvalue weighted by molar-refractivity contribution is -0.385. The maximum Gasteiger partial charge on any atom is 0.344 e. The molecule has 0 aliphatic carbocycles. The fraction of sp³-hybridized carbons (Fsp3) is 0.111. The predicted octanol–water partition coefficient (Wildman–Crippen LogP) is 2.02. The zero-order chi connectivity index (χ0) is 12.3. The Kier molecular flexibility index (Phi) is 3.58. The highest BCUT2D eigenvalue weighted by molar-refractivity contribution is 9.10. The van der Waals surface area contributed by atoms with Crippen molar-refractivity contribution >= 4 is 27.6 Å². The summed E-state index contributed by atoms with van der Waals surface area (Å²) in [5.74, 6) is -0.857. The predicted molar refractivity (Wildman–Crippen MR) is 56.9 cm³/mol. The van der Waals surface area contributed by atoms with Crippen LogP contribution in [0.2, 0.25) is 0 Å². The molecule has 0 amide bonds. The number of hydrogen-bond donors (Lipinski definition) is 0. The Morgan fingerprint density at radius 2 is 2.25 bits per heavy atom. The molecule has 0 bridgehead atoms. The third-order valence-corrected chi connectivity index (χ3v) is 2.24. The number of esters is 1. The average molecular weight is 285 g/mol. The van der Waals surface area contributed by atoms with E-state index in [-0.39, 0.29) is 11.1 Å². The summed E-state index contributed by atoms with van der Waals surface area (Å²) in [7, 11) is 1.11. The second kappa shape index (κ2) is 4.72. The van der Waals surface area contributed by atoms with Crippen molar-refractivity contribution in [2.75, 3.05) is 7.11 Å². The molecule has 0 aromatic heterocycles. The highest BCUT2D eigenvalue weighted by Crippen LogP contribution is 2.28. The van der Waals surface area contributed by atoms with Gasteiger partial charge in [0, 0.05) is 4.47 Å². The number of nitriles is 1. The first kappa shape index (κ1) is 12.1. The van der Waals surface area contributed by atoms with Crippen LogP contribution < -0.4 is 0 Å². The highest BCUT2D eigenvalue weighted by Gasteiger charge is 2.26. The Bertz CT molecular complexity index is 507. The van der Waals surface area contributed by atoms with Crippen LogP contribution >= 0.6 is 15.9 Å². The Labute approximate surface area is 98.7 Å². The van der Waals surface area contributed by atoms with Crippen LogP contribution in [-0.4, -0.2) is 18.0 Å². The third kappa shape index (κ3) is 2.17. The van der Waals surface area contributed by atoms with Crippen LogP contribution in [0.15, 0.2) is 16.6 Å². The van der Waals surface area contributed by atoms with Gasteiger partial charge >= 0.3 is 11.7 Å². The summed E-state index contributed by atoms with van der Waals surface area (Å²) < 4.78 is 4.81. The zero-order valence-corrected chi connectivity index (χ0v) is 9.65. The van der Waals surface area contributed by atoms with Gasteiger partial charge in [0.15, 0.2) is 0 Å². The van der Waals surface area contributed by atoms with Crippen molar-refractivity contribution in [2.24, 2.45) is 0 Å². The molecule has 82 valence electrons. The molecule has 1 rings (SSSR count). The number of nitro groups is 1. The van der Waals surface area contributed by atoms with E-state index in [4.69, 9.17) is 5.26 Å². The minimum absolute atomic E-state index is 0.195. The van der Waals surface area contributed by atoms with Gasteiger partial charge in [-0.25, -0.2) is 4.79 Å². The van der Waals surface area contributed by atoms with Crippen molar-refractivity contribution in [1.82, 2.24) is 0 Å². The van der Waals surface area contributed by atoms with E-state index in [2.05, 4.69) is 20.7 Å². The lowest BCUT2D eigenvalue weighted by Gasteiger charge is -2.03. The first-order valence-corrected chi connectivity index (χ1v) is 4.77. The molecule has 0 fully saturated rings. The Morgan fingerprint density at radius 3 is 2.69 bits per heavy atom. The van der Waals surface area contributed by atoms with Crippen LogP contribution in [-0.2, 0) is 4.74 Å². The Balaban J connectivity index is 3.58. The molecular weight excluding hydrogens is 280 g/mol. The number of hydrogen-bond acceptors (Lipinski definition) is 5. The molecule has 0 N–H and O–H groups in total. The molecule has 0 aliphatic rings. The monoisotopic (exact) mass is 284 g/mol. The molecule has 7 heteroatoms. The second-order valence-corrected chi connectivity index (χ2v) is 3.63. The van der Waals surface area contributed by atoms with E-state index in [0.29, 0.717) is 4.47 Å². The van der Waals surface area contributed by atoms with E-state index < -0.39 is 16.6 Å². The van der Waals surface area contributed by atoms with Crippen LogP contribution in [0.1, 0.15) is 15.9 Å². The molecule has 0 aliphatic heterocycles. The largest absolute Gasteiger partial charge is 0.465 e. The average Bonchev–Trinajstić information content (AvgIpc) is 2.26. The molecule has 0 saturated carbocycles. The molecule has 0 saturated heterocycles. The minimum atomic E-state index is -0.857. The number of nitro benzene ring substituents is 1. The van der Waals surface area contributed by atoms with Crippen LogP contribution in [0.4, 0.5) is 5.69 Å². The molecule has 16 heavy (non-hydrogen) atoms. The third-order valence-electron chi connectivity index (χ3n) is 1.78. The van der Waals surface area contributed by atoms with Gasteiger partial charge in [0.25, 0.3) is 0 Å². The molecule has 6 nitrogen and oxygen atoms in total. The van der Waals surface area contributed by atoms with E-state index in [1.54, 1.807) is 6.07 Å². The number of methoxy groups -OCH3 is 1. The van der Waals surface area contributed by atoms with Gasteiger partial charge in [-0.2, -0.15) is 5.26 Å². The standard InChI is InChI=1S/C9H5BrN2O4/c1-16-9(13)7-3-6(10)2-5(4-11)8(7)12(14)15/h2-3H,1H3. The van der Waals surface area contributed by atoms with Gasteiger partial charge in [-0.3, -0.25) is 10.1 Å². The number of carbonyl (C=O) groups is 1. The molecule has 0 heterocycles. The van der Waals surface area contributed by atoms with Crippen molar-refractivity contribution in [1.29, 1.82) is 5.26 Å². The van der Waals surface area contributed by atoms with Crippen molar-refractivity contribution in [3.05, 3.63) is 37.8 Å². The summed E-state index contributed by atoms with van der Waals surface area (Å²) in [4.78, 5) is 21.3. The van der Waals surface area contributed by atoms with Gasteiger partial charge in [-0.1, -0.05) is 15.9 Å². The van der Waals surface area contributed by atoms with Crippen LogP contribution in [0.3, 0.4) is 0 Å². The fourth-order valence-corrected chi connectivity index (χ4v) is 1.60. The fourth-order valence-electron chi connectivity index (χ4n) is 1.15. The van der Waals surface area contributed by atoms with Gasteiger partial charge in [0.1, 0.15) is 17.2 Å². The number of nitrogens with zero attached hydrogens (tertiary/aromatic N) is 2. The van der Waals surface area contributed by atoms with Crippen LogP contribution in [0.5, 0.6) is 0 Å². The number of benzene rings is 1. The summed E-state index contributed by atoms with van der Waals surface area (Å²) in [5.41, 5.74) is -0.990. The molecule has 1 aromatic rings. The smallest absolute Gasteiger partial charge is 0.344 e. The molecular formula is C9H5BrN2O4. The van der Waals surface area contributed by atoms with Crippen LogP contribution in [0.25, 0.3) is 0 Å². The first-order chi connectivity index (χ1) is 7.51. The topological polar surface area (TPSA) is 93.2 Å². The maximum atomic E-state index is 11.3. The van der Waals surface area contributed by atoms with Crippen molar-refractivity contribution in [3.8, 4) is 6.07 Å². The Hall–Kier alpha value is -1.94. The van der Waals surface area contributed by atoms with E-state index in [0.717, 1.165) is 7.11 Å². The lowest BCUT2D eigenvalue weighted by Crippen LogP contribution is -2.07. The van der Waals surface area contributed by atoms with Gasteiger partial charge in [0.2, 0.25) is 0 Å². The summed E-state index contributed by atoms with van der Waals surface area (Å²) in [5, 5.41) is 19.5. The van der Waals surface area contributed by atoms with E-state index in [9.17, 15) is 14.9 Å². The van der Waals surface area contributed by atoms with Crippen molar-refractivity contribution < 1.29 is 14.5 Å². The van der Waals surface area contributed by atoms with Crippen LogP contribution in [0, 0.1) is 21.4 Å². The molecule has 0 unspecified atom stereocenters. The zero-order valence-electron chi connectivity index (χ0n) is 8.06. The minimum Gasteiger partial charge on any atom is -0.465 e. The summed E-state index contributed by atoms with van der Waals surface area (Å²) >= 11 is 3.05. The van der Waals surface area contributed by atoms with Gasteiger partial charge < -0.3 is 4.74 Å². The van der Waals surface area contributed by atoms with Gasteiger partial charge in [-0.15, -0.1) is 0 Å². The molecule has 0 spiro atoms. The molecule has 1 aromatic carbocycles. The lowest BCUT2D eigenvalue weighted by atomic mass is 10.1. The van der Waals surface area contributed by atoms with Gasteiger partial charge in [0.05, 0.1) is 12.0 Å². The van der Waals surface area contributed by atoms with E-state index in [1.165, 1.54) is 12.1 Å². The Morgan fingerprint density at radius 1 is 1.62 bits per heavy atom. The molecule has 0 radical (unpaired) electrons. The van der Waals surface area contributed by atoms with Crippen molar-refractivity contribution in [3.63, 3.8) is 0 Å². The van der Waals surface area contributed by atoms with E-state index in [1.807, 2.05) is 0 Å².